The van der Waals surface area contributed by atoms with Gasteiger partial charge in [0.2, 0.25) is 0 Å². The molecule has 0 aliphatic carbocycles. The predicted octanol–water partition coefficient (Wildman–Crippen LogP) is 3.53. The molecule has 0 saturated carbocycles. The van der Waals surface area contributed by atoms with Crippen LogP contribution in [0.25, 0.3) is 27.5 Å². The number of anilines is 2. The van der Waals surface area contributed by atoms with Crippen LogP contribution in [0.15, 0.2) is 42.5 Å². The molecular weight excluding hydrogens is 317 g/mol. The number of hydrogen-bond donors (Lipinski definition) is 2. The number of nitrogens with zero attached hydrogens (tertiary/aromatic N) is 3. The number of nitrogen functional groups attached to an aromatic ring is 2. The van der Waals surface area contributed by atoms with Crippen molar-refractivity contribution in [2.75, 3.05) is 11.5 Å². The summed E-state index contributed by atoms with van der Waals surface area (Å²) in [5.74, 6) is 0.108. The van der Waals surface area contributed by atoms with Gasteiger partial charge in [-0.3, -0.25) is 0 Å². The summed E-state index contributed by atoms with van der Waals surface area (Å²) >= 11 is 5.93. The van der Waals surface area contributed by atoms with Gasteiger partial charge in [0.25, 0.3) is 0 Å². The topological polar surface area (TPSA) is 82.8 Å². The molecule has 2 aromatic heterocycles. The number of rotatable bonds is 1. The van der Waals surface area contributed by atoms with Crippen molar-refractivity contribution in [3.63, 3.8) is 0 Å². The smallest absolute Gasteiger partial charge is 0.157 e. The minimum absolute atomic E-state index is 0.218. The average Bonchev–Trinajstić information content (AvgIpc) is 2.86. The molecule has 4 rings (SSSR count). The zero-order valence-corrected chi connectivity index (χ0v) is 12.5. The minimum Gasteiger partial charge on any atom is -0.383 e. The number of fused-ring (bicyclic) bond motifs is 3. The van der Waals surface area contributed by atoms with Gasteiger partial charge in [-0.05, 0) is 36.4 Å². The molecule has 0 bridgehead atoms. The van der Waals surface area contributed by atoms with E-state index in [1.165, 1.54) is 12.1 Å². The third-order valence-corrected chi connectivity index (χ3v) is 3.95. The van der Waals surface area contributed by atoms with Crippen molar-refractivity contribution in [1.82, 2.24) is 14.8 Å². The van der Waals surface area contributed by atoms with Crippen LogP contribution >= 0.6 is 11.6 Å². The van der Waals surface area contributed by atoms with Gasteiger partial charge in [-0.2, -0.15) is 0 Å². The van der Waals surface area contributed by atoms with Gasteiger partial charge in [0.1, 0.15) is 11.6 Å². The van der Waals surface area contributed by atoms with E-state index in [0.29, 0.717) is 21.4 Å². The van der Waals surface area contributed by atoms with Crippen molar-refractivity contribution in [3.8, 4) is 5.69 Å². The quantitative estimate of drug-likeness (QED) is 0.560. The van der Waals surface area contributed by atoms with Crippen molar-refractivity contribution < 1.29 is 4.39 Å². The second kappa shape index (κ2) is 4.82. The lowest BCUT2D eigenvalue weighted by molar-refractivity contribution is 0.629. The summed E-state index contributed by atoms with van der Waals surface area (Å²) in [7, 11) is 0. The number of pyridine rings is 1. The van der Waals surface area contributed by atoms with E-state index >= 15 is 0 Å². The van der Waals surface area contributed by atoms with Crippen LogP contribution in [0, 0.1) is 5.82 Å². The first kappa shape index (κ1) is 13.8. The van der Waals surface area contributed by atoms with Gasteiger partial charge >= 0.3 is 0 Å². The first-order chi connectivity index (χ1) is 11.0. The van der Waals surface area contributed by atoms with E-state index in [9.17, 15) is 4.39 Å². The van der Waals surface area contributed by atoms with Crippen molar-refractivity contribution >= 4 is 45.0 Å². The van der Waals surface area contributed by atoms with E-state index in [4.69, 9.17) is 23.1 Å². The van der Waals surface area contributed by atoms with Gasteiger partial charge in [0, 0.05) is 16.5 Å². The maximum atomic E-state index is 13.5. The Balaban J connectivity index is 2.16. The van der Waals surface area contributed by atoms with Crippen LogP contribution in [0.2, 0.25) is 5.02 Å². The van der Waals surface area contributed by atoms with Gasteiger partial charge in [-0.15, -0.1) is 5.10 Å². The molecule has 0 radical (unpaired) electrons. The van der Waals surface area contributed by atoms with Crippen molar-refractivity contribution in [2.45, 2.75) is 0 Å². The normalized spacial score (nSPS) is 11.4. The Labute approximate surface area is 135 Å². The highest BCUT2D eigenvalue weighted by molar-refractivity contribution is 6.30. The third-order valence-electron chi connectivity index (χ3n) is 3.70. The van der Waals surface area contributed by atoms with Gasteiger partial charge < -0.3 is 11.5 Å². The Bertz CT molecular complexity index is 1060. The number of aromatic nitrogens is 3. The highest BCUT2D eigenvalue weighted by Crippen LogP contribution is 2.33. The summed E-state index contributed by atoms with van der Waals surface area (Å²) in [5, 5.41) is 6.25. The lowest BCUT2D eigenvalue weighted by Crippen LogP contribution is -1.98. The summed E-state index contributed by atoms with van der Waals surface area (Å²) < 4.78 is 15.2. The van der Waals surface area contributed by atoms with Crippen molar-refractivity contribution in [2.24, 2.45) is 0 Å². The van der Waals surface area contributed by atoms with Crippen LogP contribution in [-0.4, -0.2) is 14.8 Å². The highest BCUT2D eigenvalue weighted by Gasteiger charge is 2.17. The SMILES string of the molecule is Nc1nc2cc(F)ccc2c2c1c(N)nn2-c1ccc(Cl)cc1. The van der Waals surface area contributed by atoms with Gasteiger partial charge in [0.15, 0.2) is 5.82 Å². The average molecular weight is 328 g/mol. The number of hydrogen-bond acceptors (Lipinski definition) is 4. The van der Waals surface area contributed by atoms with Crippen LogP contribution in [0.5, 0.6) is 0 Å². The first-order valence-corrected chi connectivity index (χ1v) is 7.21. The molecule has 0 saturated heterocycles. The molecule has 4 N–H and O–H groups in total. The zero-order valence-electron chi connectivity index (χ0n) is 11.8. The molecule has 4 aromatic rings. The Morgan fingerprint density at radius 2 is 1.74 bits per heavy atom. The molecule has 114 valence electrons. The lowest BCUT2D eigenvalue weighted by atomic mass is 10.1. The Kier molecular flexibility index (Phi) is 2.89. The second-order valence-corrected chi connectivity index (χ2v) is 5.59. The molecule has 0 unspecified atom stereocenters. The maximum Gasteiger partial charge on any atom is 0.157 e. The van der Waals surface area contributed by atoms with Crippen LogP contribution < -0.4 is 11.5 Å². The molecule has 0 aliphatic rings. The monoisotopic (exact) mass is 327 g/mol. The van der Waals surface area contributed by atoms with Crippen LogP contribution in [-0.2, 0) is 0 Å². The summed E-state index contributed by atoms with van der Waals surface area (Å²) in [4.78, 5) is 4.23. The zero-order chi connectivity index (χ0) is 16.1. The van der Waals surface area contributed by atoms with Crippen molar-refractivity contribution in [3.05, 3.63) is 53.3 Å². The third kappa shape index (κ3) is 2.07. The lowest BCUT2D eigenvalue weighted by Gasteiger charge is -2.07. The molecule has 7 heteroatoms. The molecule has 0 atom stereocenters. The van der Waals surface area contributed by atoms with E-state index in [1.54, 1.807) is 22.9 Å². The molecule has 0 fully saturated rings. The molecule has 0 spiro atoms. The standard InChI is InChI=1S/C16H11ClFN5/c17-8-1-4-10(5-2-8)23-14-11-6-3-9(18)7-12(11)21-15(19)13(14)16(20)22-23/h1-7H,(H2,19,21)(H2,20,22). The van der Waals surface area contributed by atoms with Gasteiger partial charge in [0.05, 0.1) is 22.1 Å². The van der Waals surface area contributed by atoms with Crippen molar-refractivity contribution in [1.29, 1.82) is 0 Å². The van der Waals surface area contributed by atoms with Crippen LogP contribution in [0.1, 0.15) is 0 Å². The summed E-state index contributed by atoms with van der Waals surface area (Å²) in [6, 6.07) is 11.5. The fraction of sp³-hybridized carbons (Fsp3) is 0. The van der Waals surface area contributed by atoms with E-state index in [2.05, 4.69) is 10.1 Å². The largest absolute Gasteiger partial charge is 0.383 e. The summed E-state index contributed by atoms with van der Waals surface area (Å²) in [6.45, 7) is 0. The molecular formula is C16H11ClFN5. The van der Waals surface area contributed by atoms with E-state index in [1.807, 2.05) is 12.1 Å². The Morgan fingerprint density at radius 1 is 1.00 bits per heavy atom. The molecule has 0 aliphatic heterocycles. The minimum atomic E-state index is -0.380. The van der Waals surface area contributed by atoms with E-state index < -0.39 is 0 Å². The van der Waals surface area contributed by atoms with Crippen LogP contribution in [0.4, 0.5) is 16.0 Å². The molecule has 0 amide bonds. The maximum absolute atomic E-state index is 13.5. The fourth-order valence-corrected chi connectivity index (χ4v) is 2.81. The van der Waals surface area contributed by atoms with Gasteiger partial charge in [-0.1, -0.05) is 11.6 Å². The number of nitrogens with two attached hydrogens (primary N) is 2. The Hall–Kier alpha value is -2.86. The summed E-state index contributed by atoms with van der Waals surface area (Å²) in [6.07, 6.45) is 0. The number of halogens is 2. The molecule has 2 aromatic carbocycles. The highest BCUT2D eigenvalue weighted by atomic mass is 35.5. The Morgan fingerprint density at radius 3 is 2.48 bits per heavy atom. The summed E-state index contributed by atoms with van der Waals surface area (Å²) in [5.41, 5.74) is 13.9. The fourth-order valence-electron chi connectivity index (χ4n) is 2.69. The molecule has 23 heavy (non-hydrogen) atoms. The second-order valence-electron chi connectivity index (χ2n) is 5.16. The molecule has 5 nitrogen and oxygen atoms in total. The van der Waals surface area contributed by atoms with E-state index in [-0.39, 0.29) is 17.5 Å². The predicted molar refractivity (Wildman–Crippen MR) is 90.2 cm³/mol. The van der Waals surface area contributed by atoms with E-state index in [0.717, 1.165) is 11.1 Å². The van der Waals surface area contributed by atoms with Gasteiger partial charge in [-0.25, -0.2) is 14.1 Å². The first-order valence-electron chi connectivity index (χ1n) is 6.83. The molecule has 2 heterocycles. The number of benzene rings is 2. The van der Waals surface area contributed by atoms with Crippen LogP contribution in [0.3, 0.4) is 0 Å².